The van der Waals surface area contributed by atoms with Crippen molar-refractivity contribution in [3.63, 3.8) is 0 Å². The molecule has 0 bridgehead atoms. The molecular weight excluding hydrogens is 1500 g/mol. The van der Waals surface area contributed by atoms with Gasteiger partial charge in [-0.1, -0.05) is 226 Å². The average molecular weight is 1630 g/mol. The molecule has 119 heavy (non-hydrogen) atoms. The number of carbonyl (C=O) groups excluding carboxylic acids is 6. The van der Waals surface area contributed by atoms with Crippen molar-refractivity contribution >= 4 is 35.4 Å². The first-order chi connectivity index (χ1) is 58.0. The lowest BCUT2D eigenvalue weighted by Gasteiger charge is -2.09. The van der Waals surface area contributed by atoms with Crippen molar-refractivity contribution in [2.45, 2.75) is 190 Å². The Labute approximate surface area is 707 Å². The van der Waals surface area contributed by atoms with Crippen molar-refractivity contribution < 1.29 is 52.6 Å². The van der Waals surface area contributed by atoms with Crippen molar-refractivity contribution in [3.05, 3.63) is 246 Å². The number of azide groups is 2. The highest BCUT2D eigenvalue weighted by molar-refractivity contribution is 5.98. The molecule has 0 saturated heterocycles. The van der Waals surface area contributed by atoms with Crippen LogP contribution >= 0.6 is 0 Å². The summed E-state index contributed by atoms with van der Waals surface area (Å²) in [5, 5.41) is 24.2. The summed E-state index contributed by atoms with van der Waals surface area (Å²) in [6, 6.07) is 50.6. The quantitative estimate of drug-likeness (QED) is 0.00468. The van der Waals surface area contributed by atoms with E-state index in [4.69, 9.17) is 61.6 Å². The molecule has 0 aromatic heterocycles. The van der Waals surface area contributed by atoms with Gasteiger partial charge < -0.3 is 50.8 Å². The van der Waals surface area contributed by atoms with Crippen LogP contribution in [0.4, 0.5) is 0 Å². The van der Waals surface area contributed by atoms with Crippen LogP contribution in [-0.4, -0.2) is 101 Å². The molecule has 0 aliphatic carbocycles. The lowest BCUT2D eigenvalue weighted by Crippen LogP contribution is -2.25. The molecule has 0 aliphatic heterocycles. The topological polar surface area (TPSA) is 344 Å². The summed E-state index contributed by atoms with van der Waals surface area (Å²) in [7, 11) is 0. The van der Waals surface area contributed by atoms with Crippen LogP contribution in [0.5, 0.6) is 23.0 Å². The number of unbranched alkanes of at least 4 members (excludes halogenated alkanes) is 12. The first-order valence-corrected chi connectivity index (χ1v) is 41.0. The van der Waals surface area contributed by atoms with E-state index in [1.807, 2.05) is 54.6 Å². The SMILES string of the molecule is C#CCOc1ccc(C(=O)NCCCCC)cc1.C#CCOc1ccc(CC)cc1.C#CCOc1cccc(C(=O)NCCCCC)c1.C#CCOc1ccccc1C(=O)NCCCCC.CCCCCNC(=O)c1ccc(CN=[N+]=[N-])cc1.CCCCCNC(=O)c1ccc(CON)cc1.CCCCCNC(=O)c1cccc(CN=[N+]=[N-])c1. The van der Waals surface area contributed by atoms with Crippen LogP contribution < -0.4 is 56.7 Å². The van der Waals surface area contributed by atoms with E-state index in [1.54, 1.807) is 115 Å². The van der Waals surface area contributed by atoms with Gasteiger partial charge in [-0.15, -0.1) is 25.7 Å². The molecule has 636 valence electrons. The molecule has 24 nitrogen and oxygen atoms in total. The monoisotopic (exact) mass is 1620 g/mol. The van der Waals surface area contributed by atoms with Gasteiger partial charge in [0.2, 0.25) is 0 Å². The summed E-state index contributed by atoms with van der Waals surface area (Å²) < 4.78 is 21.1. The van der Waals surface area contributed by atoms with Gasteiger partial charge >= 0.3 is 0 Å². The third-order valence-electron chi connectivity index (χ3n) is 16.9. The minimum atomic E-state index is -0.112. The van der Waals surface area contributed by atoms with Gasteiger partial charge in [0.05, 0.1) is 25.3 Å². The number of nitrogens with zero attached hydrogens (tertiary/aromatic N) is 6. The van der Waals surface area contributed by atoms with Crippen molar-refractivity contribution in [1.82, 2.24) is 31.9 Å². The second kappa shape index (κ2) is 71.8. The summed E-state index contributed by atoms with van der Waals surface area (Å²) >= 11 is 0. The fourth-order valence-electron chi connectivity index (χ4n) is 10.2. The number of ether oxygens (including phenoxy) is 4. The molecule has 0 unspecified atom stereocenters. The maximum absolute atomic E-state index is 11.9. The fourth-order valence-corrected chi connectivity index (χ4v) is 10.2. The Kier molecular flexibility index (Phi) is 63.0. The lowest BCUT2D eigenvalue weighted by molar-refractivity contribution is 0.0941. The highest BCUT2D eigenvalue weighted by Gasteiger charge is 2.13. The van der Waals surface area contributed by atoms with Crippen molar-refractivity contribution in [1.29, 1.82) is 0 Å². The number of hydrogen-bond donors (Lipinski definition) is 7. The molecule has 8 N–H and O–H groups in total. The van der Waals surface area contributed by atoms with Crippen LogP contribution in [0.3, 0.4) is 0 Å². The van der Waals surface area contributed by atoms with E-state index in [1.165, 1.54) is 5.56 Å². The standard InChI is InChI=1S/3C15H19NO2.2C13H18N4O.C13H20N2O2.C11H12O/c1-3-5-8-11-16-15(17)13-9-6-7-10-14(13)18-12-4-2;1-3-5-6-11-16-15(17)13-7-9-14(10-8-13)18-12-4-2;1-3-5-6-10-16-15(17)13-8-7-9-14(12-13)18-11-4-2;1-2-3-4-9-15-13(18)12-7-5-11(6-8-12)10-16-17-14;1-2-3-4-8-15-13(18)12-7-5-6-11(9-12)10-16-17-14;1-2-3-4-9-15-13(16)12-7-5-11(6-8-12)10-17-14;1-3-9-12-11-7-5-10(4-2)6-8-11/h2,6-7,9-10H,3,5,8,11-12H2,1H3,(H,16,17);2,7-10H,3,5-6,11-12H2,1H3,(H,16,17);2,7-9,12H,3,5-6,10-11H2,1H3,(H,16,17);5-8H,2-4,9-10H2,1H3,(H,15,18);5-7,9H,2-4,8,10H2,1H3,(H,15,18);5-8H,2-4,9-10,14H2,1H3,(H,15,16);1,5-8H,4,9H2,2H3. The number of hydrogen-bond acceptors (Lipinski definition) is 14. The minimum absolute atomic E-state index is 0.0266. The van der Waals surface area contributed by atoms with Crippen molar-refractivity contribution in [2.75, 3.05) is 65.7 Å². The largest absolute Gasteiger partial charge is 0.481 e. The van der Waals surface area contributed by atoms with Crippen LogP contribution in [-0.2, 0) is 31.0 Å². The second-order valence-electron chi connectivity index (χ2n) is 26.5. The third kappa shape index (κ3) is 51.8. The first-order valence-electron chi connectivity index (χ1n) is 41.0. The fraction of sp³-hybridized carbons (Fsp3) is 0.411. The van der Waals surface area contributed by atoms with Gasteiger partial charge in [-0.05, 0) is 181 Å². The number of nitrogens with two attached hydrogens (primary N) is 1. The Balaban J connectivity index is 0.000000696. The Morgan fingerprint density at radius 1 is 0.345 bits per heavy atom. The van der Waals surface area contributed by atoms with E-state index in [9.17, 15) is 28.8 Å². The van der Waals surface area contributed by atoms with Crippen LogP contribution in [0.15, 0.2) is 180 Å². The van der Waals surface area contributed by atoms with E-state index in [2.05, 4.69) is 129 Å². The molecule has 0 aliphatic rings. The predicted molar refractivity (Wildman–Crippen MR) is 478 cm³/mol. The van der Waals surface area contributed by atoms with E-state index in [-0.39, 0.29) is 61.8 Å². The number of nitrogens with one attached hydrogen (secondary N) is 6. The number of para-hydroxylation sites is 1. The molecule has 0 spiro atoms. The Morgan fingerprint density at radius 2 is 0.672 bits per heavy atom. The molecule has 0 atom stereocenters. The predicted octanol–water partition coefficient (Wildman–Crippen LogP) is 18.9. The molecule has 6 amide bonds. The molecule has 0 radical (unpaired) electrons. The summed E-state index contributed by atoms with van der Waals surface area (Å²) in [4.78, 5) is 80.7. The summed E-state index contributed by atoms with van der Waals surface area (Å²) in [6.07, 6.45) is 41.2. The summed E-state index contributed by atoms with van der Waals surface area (Å²) in [5.74, 6) is 16.8. The summed E-state index contributed by atoms with van der Waals surface area (Å²) in [6.45, 7) is 21.1. The maximum Gasteiger partial charge on any atom is 0.255 e. The molecule has 0 saturated carbocycles. The van der Waals surface area contributed by atoms with Gasteiger partial charge in [0.15, 0.2) is 0 Å². The highest BCUT2D eigenvalue weighted by Crippen LogP contribution is 2.19. The number of aryl methyl sites for hydroxylation is 1. The zero-order valence-corrected chi connectivity index (χ0v) is 70.9. The molecule has 7 rings (SSSR count). The Morgan fingerprint density at radius 3 is 1.06 bits per heavy atom. The normalized spacial score (nSPS) is 9.61. The first kappa shape index (κ1) is 104. The number of carbonyl (C=O) groups is 6. The average Bonchev–Trinajstić information content (AvgIpc) is 0.943. The third-order valence-corrected chi connectivity index (χ3v) is 16.9. The maximum atomic E-state index is 11.9. The van der Waals surface area contributed by atoms with Gasteiger partial charge in [-0.3, -0.25) is 33.6 Å². The van der Waals surface area contributed by atoms with E-state index >= 15 is 0 Å². The van der Waals surface area contributed by atoms with Crippen LogP contribution in [0, 0.1) is 49.4 Å². The van der Waals surface area contributed by atoms with Crippen molar-refractivity contribution in [2.24, 2.45) is 16.1 Å². The molecule has 0 heterocycles. The number of benzene rings is 7. The zero-order valence-electron chi connectivity index (χ0n) is 70.9. The Bertz CT molecular complexity index is 4230. The van der Waals surface area contributed by atoms with Crippen LogP contribution in [0.2, 0.25) is 0 Å². The van der Waals surface area contributed by atoms with Gasteiger partial charge in [0.25, 0.3) is 35.4 Å². The van der Waals surface area contributed by atoms with Gasteiger partial charge in [0.1, 0.15) is 49.4 Å². The molecule has 7 aromatic rings. The second-order valence-corrected chi connectivity index (χ2v) is 26.5. The number of terminal acetylenes is 4. The smallest absolute Gasteiger partial charge is 0.255 e. The molecule has 7 aromatic carbocycles. The lowest BCUT2D eigenvalue weighted by atomic mass is 10.1. The van der Waals surface area contributed by atoms with E-state index in [0.29, 0.717) is 96.6 Å². The zero-order chi connectivity index (χ0) is 87.4. The molecule has 0 fully saturated rings. The number of rotatable bonds is 45. The molecule has 24 heteroatoms. The minimum Gasteiger partial charge on any atom is -0.481 e. The van der Waals surface area contributed by atoms with Crippen LogP contribution in [0.1, 0.15) is 248 Å². The molecular formula is C95H125N13O11. The van der Waals surface area contributed by atoms with E-state index in [0.717, 1.165) is 158 Å². The van der Waals surface area contributed by atoms with Gasteiger partial charge in [-0.2, -0.15) is 0 Å². The number of amides is 6. The van der Waals surface area contributed by atoms with Crippen molar-refractivity contribution in [3.8, 4) is 72.4 Å². The van der Waals surface area contributed by atoms with Crippen LogP contribution in [0.25, 0.3) is 20.9 Å². The van der Waals surface area contributed by atoms with E-state index < -0.39 is 0 Å². The highest BCUT2D eigenvalue weighted by atomic mass is 16.6. The summed E-state index contributed by atoms with van der Waals surface area (Å²) in [5.41, 5.74) is 24.1. The van der Waals surface area contributed by atoms with Gasteiger partial charge in [-0.25, -0.2) is 5.90 Å². The Hall–Kier alpha value is -12.7. The van der Waals surface area contributed by atoms with Gasteiger partial charge in [0, 0.05) is 76.9 Å².